The molecule has 15 heteroatoms. The number of nitrogens with one attached hydrogen (secondary N) is 2. The van der Waals surface area contributed by atoms with Gasteiger partial charge in [-0.15, -0.1) is 0 Å². The molecule has 1 aliphatic heterocycles. The summed E-state index contributed by atoms with van der Waals surface area (Å²) in [6.45, 7) is 0.109. The quantitative estimate of drug-likeness (QED) is 0.235. The molecule has 2 unspecified atom stereocenters. The van der Waals surface area contributed by atoms with Crippen LogP contribution in [0.5, 0.6) is 0 Å². The molecule has 2 amide bonds. The fourth-order valence-corrected chi connectivity index (χ4v) is 4.92. The second-order valence-electron chi connectivity index (χ2n) is 8.78. The van der Waals surface area contributed by atoms with Crippen molar-refractivity contribution in [2.75, 3.05) is 25.6 Å². The molecule has 0 radical (unpaired) electrons. The molecule has 0 saturated carbocycles. The number of nitrogens with zero attached hydrogens (tertiary/aromatic N) is 1. The first-order valence-electron chi connectivity index (χ1n) is 11.4. The van der Waals surface area contributed by atoms with Crippen LogP contribution in [-0.2, 0) is 43.2 Å². The number of hydrogen-bond acceptors (Lipinski definition) is 5. The normalized spacial score (nSPS) is 16.6. The molecule has 0 aliphatic carbocycles. The number of rotatable bonds is 9. The van der Waals surface area contributed by atoms with Crippen LogP contribution in [0.4, 0.5) is 32.0 Å². The highest BCUT2D eigenvalue weighted by Crippen LogP contribution is 2.50. The number of alkyl halides is 6. The summed E-state index contributed by atoms with van der Waals surface area (Å²) in [6, 6.07) is 6.55. The molecule has 214 valence electrons. The molecule has 8 nitrogen and oxygen atoms in total. The summed E-state index contributed by atoms with van der Waals surface area (Å²) in [4.78, 5) is 26.6. The van der Waals surface area contributed by atoms with Gasteiger partial charge in [-0.05, 0) is 34.4 Å². The number of methoxy groups -OCH3 is 1. The molecule has 0 saturated heterocycles. The van der Waals surface area contributed by atoms with E-state index in [4.69, 9.17) is 4.55 Å². The van der Waals surface area contributed by atoms with Crippen molar-refractivity contribution in [3.63, 3.8) is 0 Å². The first kappa shape index (κ1) is 30.5. The molecule has 1 aliphatic rings. The Balaban J connectivity index is 1.91. The van der Waals surface area contributed by atoms with Crippen LogP contribution >= 0.6 is 0 Å². The molecule has 3 N–H and O–H groups in total. The van der Waals surface area contributed by atoms with Crippen LogP contribution in [0.25, 0.3) is 0 Å². The number of fused-ring (bicyclic) bond motifs is 1. The molecule has 39 heavy (non-hydrogen) atoms. The van der Waals surface area contributed by atoms with Gasteiger partial charge in [0.2, 0.25) is 11.4 Å². The Kier molecular flexibility index (Phi) is 9.09. The molecular weight excluding hydrogens is 556 g/mol. The molecular formula is C24H25F6N3O5S. The third-order valence-electron chi connectivity index (χ3n) is 6.23. The topological polar surface area (TPSA) is 108 Å². The van der Waals surface area contributed by atoms with E-state index in [0.29, 0.717) is 28.8 Å². The predicted octanol–water partition coefficient (Wildman–Crippen LogP) is 4.01. The van der Waals surface area contributed by atoms with Gasteiger partial charge in [0.15, 0.2) is 11.1 Å². The third kappa shape index (κ3) is 6.26. The minimum atomic E-state index is -5.76. The lowest BCUT2D eigenvalue weighted by Crippen LogP contribution is -2.63. The molecule has 0 spiro atoms. The average Bonchev–Trinajstić information content (AvgIpc) is 3.20. The smallest absolute Gasteiger partial charge is 0.383 e. The predicted molar refractivity (Wildman–Crippen MR) is 129 cm³/mol. The number of halogens is 6. The Bertz CT molecular complexity index is 1220. The van der Waals surface area contributed by atoms with Gasteiger partial charge in [0, 0.05) is 32.8 Å². The van der Waals surface area contributed by atoms with Crippen molar-refractivity contribution in [1.82, 2.24) is 10.2 Å². The lowest BCUT2D eigenvalue weighted by Gasteiger charge is -2.38. The van der Waals surface area contributed by atoms with Gasteiger partial charge in [0.1, 0.15) is 6.04 Å². The maximum Gasteiger partial charge on any atom is 0.419 e. The Labute approximate surface area is 222 Å². The van der Waals surface area contributed by atoms with Crippen LogP contribution in [-0.4, -0.2) is 58.1 Å². The first-order valence-corrected chi connectivity index (χ1v) is 12.6. The monoisotopic (exact) mass is 581 g/mol. The summed E-state index contributed by atoms with van der Waals surface area (Å²) in [5.74, 6) is -1.36. The van der Waals surface area contributed by atoms with Gasteiger partial charge in [-0.2, -0.15) is 26.3 Å². The van der Waals surface area contributed by atoms with Crippen molar-refractivity contribution < 1.29 is 49.4 Å². The number of carbonyl (C=O) groups excluding carboxylic acids is 2. The Morgan fingerprint density at radius 1 is 1.08 bits per heavy atom. The summed E-state index contributed by atoms with van der Waals surface area (Å²) in [5.41, 5.74) is -4.11. The van der Waals surface area contributed by atoms with Gasteiger partial charge in [-0.3, -0.25) is 14.9 Å². The number of ether oxygens (including phenoxy) is 1. The number of amides is 2. The first-order chi connectivity index (χ1) is 18.1. The molecule has 2 atom stereocenters. The minimum absolute atomic E-state index is 0.0282. The van der Waals surface area contributed by atoms with Crippen molar-refractivity contribution in [3.8, 4) is 0 Å². The van der Waals surface area contributed by atoms with Crippen LogP contribution in [0.1, 0.15) is 35.2 Å². The zero-order valence-corrected chi connectivity index (χ0v) is 21.5. The SMILES string of the molecule is COCCNC(c1ccc(NC(=O)C2c3ccc(CS(=O)O)cc3CN2C(C)=O)cc1)(C(F)(F)F)C(F)(F)F. The Hall–Kier alpha value is -3.01. The fraction of sp³-hybridized carbons (Fsp3) is 0.417. The number of hydrogen-bond donors (Lipinski definition) is 3. The molecule has 0 fully saturated rings. The lowest BCUT2D eigenvalue weighted by atomic mass is 9.87. The maximum atomic E-state index is 13.9. The van der Waals surface area contributed by atoms with E-state index in [1.54, 1.807) is 6.07 Å². The van der Waals surface area contributed by atoms with Crippen LogP contribution in [0.2, 0.25) is 0 Å². The van der Waals surface area contributed by atoms with Gasteiger partial charge >= 0.3 is 12.4 Å². The van der Waals surface area contributed by atoms with E-state index in [1.165, 1.54) is 29.3 Å². The van der Waals surface area contributed by atoms with Gasteiger partial charge < -0.3 is 19.5 Å². The van der Waals surface area contributed by atoms with Crippen molar-refractivity contribution in [1.29, 1.82) is 0 Å². The minimum Gasteiger partial charge on any atom is -0.383 e. The lowest BCUT2D eigenvalue weighted by molar-refractivity contribution is -0.314. The van der Waals surface area contributed by atoms with Crippen molar-refractivity contribution in [2.24, 2.45) is 0 Å². The largest absolute Gasteiger partial charge is 0.419 e. The second-order valence-corrected chi connectivity index (χ2v) is 9.71. The van der Waals surface area contributed by atoms with Gasteiger partial charge in [-0.1, -0.05) is 30.3 Å². The highest BCUT2D eigenvalue weighted by Gasteiger charge is 2.71. The van der Waals surface area contributed by atoms with E-state index in [9.17, 15) is 40.1 Å². The average molecular weight is 582 g/mol. The van der Waals surface area contributed by atoms with Gasteiger partial charge in [0.05, 0.1) is 12.4 Å². The summed E-state index contributed by atoms with van der Waals surface area (Å²) in [7, 11) is 1.13. The second kappa shape index (κ2) is 11.6. The Morgan fingerprint density at radius 2 is 1.69 bits per heavy atom. The Morgan fingerprint density at radius 3 is 2.21 bits per heavy atom. The van der Waals surface area contributed by atoms with Crippen molar-refractivity contribution in [3.05, 3.63) is 64.7 Å². The van der Waals surface area contributed by atoms with E-state index in [2.05, 4.69) is 10.1 Å². The zero-order chi connectivity index (χ0) is 29.2. The van der Waals surface area contributed by atoms with Gasteiger partial charge in [0.25, 0.3) is 5.91 Å². The van der Waals surface area contributed by atoms with Crippen LogP contribution in [0.15, 0.2) is 42.5 Å². The van der Waals surface area contributed by atoms with E-state index in [-0.39, 0.29) is 18.0 Å². The highest BCUT2D eigenvalue weighted by molar-refractivity contribution is 7.78. The van der Waals surface area contributed by atoms with Crippen LogP contribution < -0.4 is 10.6 Å². The van der Waals surface area contributed by atoms with Crippen LogP contribution in [0, 0.1) is 0 Å². The highest BCUT2D eigenvalue weighted by atomic mass is 32.2. The van der Waals surface area contributed by atoms with Crippen molar-refractivity contribution in [2.45, 2.75) is 43.2 Å². The number of carbonyl (C=O) groups is 2. The molecule has 0 aromatic heterocycles. The summed E-state index contributed by atoms with van der Waals surface area (Å²) >= 11 is -2.11. The van der Waals surface area contributed by atoms with Crippen LogP contribution in [0.3, 0.4) is 0 Å². The van der Waals surface area contributed by atoms with E-state index in [1.807, 2.05) is 0 Å². The maximum absolute atomic E-state index is 13.9. The van der Waals surface area contributed by atoms with E-state index < -0.39 is 65.5 Å². The van der Waals surface area contributed by atoms with E-state index in [0.717, 1.165) is 19.2 Å². The summed E-state index contributed by atoms with van der Waals surface area (Å²) < 4.78 is 108. The molecule has 2 aromatic carbocycles. The molecule has 0 bridgehead atoms. The van der Waals surface area contributed by atoms with Gasteiger partial charge in [-0.25, -0.2) is 4.21 Å². The summed E-state index contributed by atoms with van der Waals surface area (Å²) in [6.07, 6.45) is -11.5. The number of anilines is 1. The summed E-state index contributed by atoms with van der Waals surface area (Å²) in [5, 5.41) is 3.98. The zero-order valence-electron chi connectivity index (χ0n) is 20.7. The molecule has 1 heterocycles. The van der Waals surface area contributed by atoms with E-state index >= 15 is 0 Å². The van der Waals surface area contributed by atoms with Crippen molar-refractivity contribution >= 4 is 28.6 Å². The third-order valence-corrected chi connectivity index (χ3v) is 6.81. The number of benzene rings is 2. The molecule has 3 rings (SSSR count). The fourth-order valence-electron chi connectivity index (χ4n) is 4.46. The standard InChI is InChI=1S/C24H25F6N3O5S/c1-14(34)33-12-16-11-15(13-39(36)37)3-8-19(16)20(33)21(35)32-18-6-4-17(5-7-18)22(23(25,26)27,24(28,29)30)31-9-10-38-2/h3-8,11,20,31H,9-10,12-13H2,1-2H3,(H,32,35)(H,36,37). The molecule has 2 aromatic rings.